The Bertz CT molecular complexity index is 3190. The molecule has 0 bridgehead atoms. The van der Waals surface area contributed by atoms with Gasteiger partial charge >= 0.3 is 0 Å². The van der Waals surface area contributed by atoms with Gasteiger partial charge in [-0.2, -0.15) is 0 Å². The van der Waals surface area contributed by atoms with Crippen LogP contribution in [0, 0.1) is 0 Å². The lowest BCUT2D eigenvalue weighted by atomic mass is 9.93. The van der Waals surface area contributed by atoms with Crippen LogP contribution in [-0.2, 0) is 0 Å². The van der Waals surface area contributed by atoms with Gasteiger partial charge in [-0.15, -0.1) is 0 Å². The molecule has 224 valence electrons. The molecule has 0 saturated heterocycles. The summed E-state index contributed by atoms with van der Waals surface area (Å²) in [5.41, 5.74) is 4.54. The van der Waals surface area contributed by atoms with E-state index in [-0.39, 0.29) is 57.7 Å². The average molecular weight is 622 g/mol. The molecule has 0 aliphatic rings. The van der Waals surface area contributed by atoms with Crippen molar-refractivity contribution in [2.24, 2.45) is 0 Å². The van der Waals surface area contributed by atoms with Crippen LogP contribution in [0.4, 0.5) is 0 Å². The summed E-state index contributed by atoms with van der Waals surface area (Å²) >= 11 is 0. The van der Waals surface area contributed by atoms with Gasteiger partial charge in [-0.05, 0) is 46.2 Å². The van der Waals surface area contributed by atoms with E-state index in [2.05, 4.69) is 0 Å². The first kappa shape index (κ1) is 21.3. The molecule has 0 atom stereocenters. The van der Waals surface area contributed by atoms with Crippen LogP contribution in [0.2, 0.25) is 0 Å². The van der Waals surface area contributed by atoms with Crippen molar-refractivity contribution < 1.29 is 17.1 Å². The standard InChI is InChI=1S/C43H25N3O2/c1-2-12-26(13-3-1)41-44-42(46-43(45-41)34-21-11-25-38-40(34)33-15-5-7-23-36(33)48-38)31-20-9-16-27-28(17-8-18-29(27)31)30-19-10-24-37-39(30)32-14-4-6-22-35(32)47-37/h1-25H/i8D,9D,16D,17D,18D,20D. The number of aromatic nitrogens is 3. The zero-order chi connectivity index (χ0) is 36.8. The van der Waals surface area contributed by atoms with Gasteiger partial charge in [0.05, 0.1) is 8.22 Å². The van der Waals surface area contributed by atoms with E-state index in [1.54, 1.807) is 12.1 Å². The quantitative estimate of drug-likeness (QED) is 0.196. The Hall–Kier alpha value is -6.59. The molecule has 10 aromatic rings. The minimum Gasteiger partial charge on any atom is -0.456 e. The number of nitrogens with zero attached hydrogens (tertiary/aromatic N) is 3. The minimum absolute atomic E-state index is 0.0000319. The predicted octanol–water partition coefficient (Wildman–Crippen LogP) is 11.5. The molecule has 0 amide bonds. The van der Waals surface area contributed by atoms with Crippen molar-refractivity contribution in [3.8, 4) is 45.3 Å². The normalized spacial score (nSPS) is 13.5. The highest BCUT2D eigenvalue weighted by molar-refractivity contribution is 6.16. The van der Waals surface area contributed by atoms with E-state index in [9.17, 15) is 5.48 Å². The van der Waals surface area contributed by atoms with Gasteiger partial charge in [-0.1, -0.05) is 127 Å². The van der Waals surface area contributed by atoms with Crippen molar-refractivity contribution >= 4 is 54.6 Å². The van der Waals surface area contributed by atoms with E-state index in [1.807, 2.05) is 103 Å². The summed E-state index contributed by atoms with van der Waals surface area (Å²) in [6.45, 7) is 0. The molecule has 0 unspecified atom stereocenters. The van der Waals surface area contributed by atoms with Crippen LogP contribution in [-0.4, -0.2) is 15.0 Å². The Balaban J connectivity index is 1.34. The maximum atomic E-state index is 9.30. The van der Waals surface area contributed by atoms with Crippen LogP contribution >= 0.6 is 0 Å². The lowest BCUT2D eigenvalue weighted by molar-refractivity contribution is 0.668. The summed E-state index contributed by atoms with van der Waals surface area (Å²) in [6.07, 6.45) is 0. The Morgan fingerprint density at radius 3 is 1.56 bits per heavy atom. The largest absolute Gasteiger partial charge is 0.456 e. The van der Waals surface area contributed by atoms with Gasteiger partial charge < -0.3 is 8.83 Å². The lowest BCUT2D eigenvalue weighted by Gasteiger charge is -2.13. The number of benzene rings is 7. The summed E-state index contributed by atoms with van der Waals surface area (Å²) in [5, 5.41) is 3.23. The lowest BCUT2D eigenvalue weighted by Crippen LogP contribution is -2.01. The Morgan fingerprint density at radius 1 is 0.375 bits per heavy atom. The van der Waals surface area contributed by atoms with Gasteiger partial charge in [0.15, 0.2) is 17.5 Å². The maximum Gasteiger partial charge on any atom is 0.164 e. The number of para-hydroxylation sites is 2. The first-order valence-corrected chi connectivity index (χ1v) is 15.5. The van der Waals surface area contributed by atoms with Gasteiger partial charge in [0.25, 0.3) is 0 Å². The molecule has 0 spiro atoms. The van der Waals surface area contributed by atoms with Gasteiger partial charge in [0, 0.05) is 38.2 Å². The highest BCUT2D eigenvalue weighted by Crippen LogP contribution is 2.41. The van der Waals surface area contributed by atoms with E-state index >= 15 is 0 Å². The molecule has 48 heavy (non-hydrogen) atoms. The van der Waals surface area contributed by atoms with Crippen molar-refractivity contribution in [3.63, 3.8) is 0 Å². The number of furan rings is 2. The molecule has 0 fully saturated rings. The zero-order valence-electron chi connectivity index (χ0n) is 31.1. The number of fused-ring (bicyclic) bond motifs is 7. The molecule has 0 radical (unpaired) electrons. The van der Waals surface area contributed by atoms with Crippen molar-refractivity contribution in [1.82, 2.24) is 15.0 Å². The maximum absolute atomic E-state index is 9.30. The SMILES string of the molecule is [2H]c1c([2H])c(-c2cccc3oc4ccccc4c23)c2c([2H])c([2H])c([2H])c(-c3nc(-c4ccccc4)nc(-c4cccc5oc6ccccc6c45)n3)c2c1[2H]. The second-order valence-electron chi connectivity index (χ2n) is 11.5. The van der Waals surface area contributed by atoms with Crippen LogP contribution < -0.4 is 0 Å². The summed E-state index contributed by atoms with van der Waals surface area (Å²) in [4.78, 5) is 14.8. The van der Waals surface area contributed by atoms with E-state index in [4.69, 9.17) is 26.5 Å². The van der Waals surface area contributed by atoms with E-state index < -0.39 is 12.1 Å². The van der Waals surface area contributed by atoms with Gasteiger partial charge in [-0.25, -0.2) is 15.0 Å². The van der Waals surface area contributed by atoms with Gasteiger partial charge in [-0.3, -0.25) is 0 Å². The molecule has 0 saturated carbocycles. The molecular formula is C43H25N3O2. The van der Waals surface area contributed by atoms with Crippen LogP contribution in [0.3, 0.4) is 0 Å². The zero-order valence-corrected chi connectivity index (χ0v) is 25.1. The van der Waals surface area contributed by atoms with Crippen molar-refractivity contribution in [2.45, 2.75) is 0 Å². The van der Waals surface area contributed by atoms with Crippen LogP contribution in [0.25, 0.3) is 99.9 Å². The van der Waals surface area contributed by atoms with Crippen LogP contribution in [0.1, 0.15) is 8.22 Å². The molecule has 7 aromatic carbocycles. The first-order chi connectivity index (χ1) is 26.3. The minimum atomic E-state index is -0.425. The third-order valence-electron chi connectivity index (χ3n) is 8.71. The third kappa shape index (κ3) is 4.08. The second kappa shape index (κ2) is 10.5. The fourth-order valence-electron chi connectivity index (χ4n) is 6.58. The summed E-state index contributed by atoms with van der Waals surface area (Å²) in [6, 6.07) is 33.3. The second-order valence-corrected chi connectivity index (χ2v) is 11.5. The summed E-state index contributed by atoms with van der Waals surface area (Å²) in [7, 11) is 0. The summed E-state index contributed by atoms with van der Waals surface area (Å²) < 4.78 is 67.6. The van der Waals surface area contributed by atoms with Crippen molar-refractivity contribution in [1.29, 1.82) is 0 Å². The van der Waals surface area contributed by atoms with Crippen molar-refractivity contribution in [3.05, 3.63) is 152 Å². The monoisotopic (exact) mass is 621 g/mol. The van der Waals surface area contributed by atoms with E-state index in [0.29, 0.717) is 50.2 Å². The summed E-state index contributed by atoms with van der Waals surface area (Å²) in [5.74, 6) is 0.560. The smallest absolute Gasteiger partial charge is 0.164 e. The molecule has 10 rings (SSSR count). The molecule has 5 nitrogen and oxygen atoms in total. The molecular weight excluding hydrogens is 590 g/mol. The Kier molecular flexibility index (Phi) is 4.64. The van der Waals surface area contributed by atoms with E-state index in [1.165, 1.54) is 0 Å². The van der Waals surface area contributed by atoms with Crippen LogP contribution in [0.15, 0.2) is 160 Å². The van der Waals surface area contributed by atoms with Crippen LogP contribution in [0.5, 0.6) is 0 Å². The number of hydrogen-bond donors (Lipinski definition) is 0. The fraction of sp³-hybridized carbons (Fsp3) is 0. The highest BCUT2D eigenvalue weighted by Gasteiger charge is 2.20. The molecule has 3 heterocycles. The highest BCUT2D eigenvalue weighted by atomic mass is 16.3. The molecule has 0 N–H and O–H groups in total. The number of rotatable bonds is 4. The molecule has 5 heteroatoms. The fourth-order valence-corrected chi connectivity index (χ4v) is 6.58. The first-order valence-electron chi connectivity index (χ1n) is 18.5. The molecule has 0 aliphatic heterocycles. The average Bonchev–Trinajstić information content (AvgIpc) is 3.79. The Labute approximate surface area is 283 Å². The Morgan fingerprint density at radius 2 is 0.875 bits per heavy atom. The number of hydrogen-bond acceptors (Lipinski definition) is 5. The molecule has 0 aliphatic carbocycles. The molecule has 3 aromatic heterocycles. The topological polar surface area (TPSA) is 65.0 Å². The van der Waals surface area contributed by atoms with E-state index in [0.717, 1.165) is 16.2 Å². The third-order valence-corrected chi connectivity index (χ3v) is 8.71. The van der Waals surface area contributed by atoms with Crippen molar-refractivity contribution in [2.75, 3.05) is 0 Å². The van der Waals surface area contributed by atoms with Gasteiger partial charge in [0.2, 0.25) is 0 Å². The van der Waals surface area contributed by atoms with Gasteiger partial charge in [0.1, 0.15) is 22.3 Å². The predicted molar refractivity (Wildman–Crippen MR) is 194 cm³/mol.